The number of thiocarbonyl (C=S) groups is 1. The van der Waals surface area contributed by atoms with Gasteiger partial charge in [-0.3, -0.25) is 5.43 Å². The summed E-state index contributed by atoms with van der Waals surface area (Å²) >= 11 is 5.30. The number of para-hydroxylation sites is 1. The minimum absolute atomic E-state index is 0.384. The van der Waals surface area contributed by atoms with Gasteiger partial charge in [0.25, 0.3) is 0 Å². The van der Waals surface area contributed by atoms with Crippen molar-refractivity contribution in [1.82, 2.24) is 5.43 Å². The lowest BCUT2D eigenvalue weighted by atomic mass is 10.2. The molecule has 2 N–H and O–H groups in total. The minimum atomic E-state index is 0.384. The zero-order valence-corrected chi connectivity index (χ0v) is 16.9. The molecule has 0 aliphatic heterocycles. The van der Waals surface area contributed by atoms with Crippen LogP contribution in [0.5, 0.6) is 11.5 Å². The monoisotopic (exact) mass is 397 g/mol. The molecule has 0 saturated heterocycles. The number of hydrazone groups is 1. The summed E-state index contributed by atoms with van der Waals surface area (Å²) in [4.78, 5) is 0. The van der Waals surface area contributed by atoms with E-state index in [0.29, 0.717) is 35.4 Å². The number of ether oxygens (including phenoxy) is 2. The zero-order valence-electron chi connectivity index (χ0n) is 16.1. The molecule has 0 fully saturated rings. The van der Waals surface area contributed by atoms with E-state index in [0.717, 1.165) is 22.6 Å². The van der Waals surface area contributed by atoms with Crippen LogP contribution in [0.2, 0.25) is 0 Å². The maximum Gasteiger partial charge on any atom is 0.191 e. The molecule has 146 valence electrons. The smallest absolute Gasteiger partial charge is 0.191 e. The number of benzene rings is 2. The van der Waals surface area contributed by atoms with E-state index < -0.39 is 0 Å². The Hall–Kier alpha value is -3.06. The number of nitrogens with one attached hydrogen (secondary N) is 2. The molecule has 0 bridgehead atoms. The SMILES string of the molecule is CCOc1ccc(NC(=S)N/N=C(\C)c2cc3cccc(OCC)c3o2)cc1. The highest BCUT2D eigenvalue weighted by molar-refractivity contribution is 7.80. The van der Waals surface area contributed by atoms with Crippen LogP contribution in [-0.2, 0) is 0 Å². The third-order valence-corrected chi connectivity index (χ3v) is 4.11. The Kier molecular flexibility index (Phi) is 6.49. The van der Waals surface area contributed by atoms with Crippen LogP contribution >= 0.6 is 12.2 Å². The van der Waals surface area contributed by atoms with Crippen LogP contribution in [0.4, 0.5) is 5.69 Å². The van der Waals surface area contributed by atoms with Crippen LogP contribution in [0.3, 0.4) is 0 Å². The molecule has 6 nitrogen and oxygen atoms in total. The summed E-state index contributed by atoms with van der Waals surface area (Å²) < 4.78 is 17.0. The molecule has 0 unspecified atom stereocenters. The molecule has 28 heavy (non-hydrogen) atoms. The van der Waals surface area contributed by atoms with E-state index >= 15 is 0 Å². The number of anilines is 1. The van der Waals surface area contributed by atoms with Gasteiger partial charge in [-0.2, -0.15) is 5.10 Å². The highest BCUT2D eigenvalue weighted by atomic mass is 32.1. The van der Waals surface area contributed by atoms with Crippen LogP contribution in [0, 0.1) is 0 Å². The molecule has 0 aliphatic carbocycles. The van der Waals surface area contributed by atoms with Crippen molar-refractivity contribution in [2.45, 2.75) is 20.8 Å². The van der Waals surface area contributed by atoms with Gasteiger partial charge in [-0.15, -0.1) is 0 Å². The van der Waals surface area contributed by atoms with Crippen molar-refractivity contribution in [3.8, 4) is 11.5 Å². The molecule has 7 heteroatoms. The standard InChI is InChI=1S/C21H23N3O3S/c1-4-25-17-11-9-16(10-12-17)22-21(28)24-23-14(3)19-13-15-7-6-8-18(26-5-2)20(15)27-19/h6-13H,4-5H2,1-3H3,(H2,22,24,28)/b23-14+. The summed E-state index contributed by atoms with van der Waals surface area (Å²) in [6.45, 7) is 6.96. The molecule has 3 rings (SSSR count). The van der Waals surface area contributed by atoms with E-state index in [1.165, 1.54) is 0 Å². The third kappa shape index (κ3) is 4.80. The van der Waals surface area contributed by atoms with Gasteiger partial charge >= 0.3 is 0 Å². The Labute approximate surface area is 169 Å². The molecule has 1 aromatic heterocycles. The average Bonchev–Trinajstić information content (AvgIpc) is 3.14. The highest BCUT2D eigenvalue weighted by Crippen LogP contribution is 2.29. The van der Waals surface area contributed by atoms with Gasteiger partial charge in [0.2, 0.25) is 0 Å². The lowest BCUT2D eigenvalue weighted by molar-refractivity contribution is 0.338. The van der Waals surface area contributed by atoms with Gasteiger partial charge in [-0.25, -0.2) is 0 Å². The predicted octanol–water partition coefficient (Wildman–Crippen LogP) is 4.94. The molecule has 3 aromatic rings. The molecule has 0 spiro atoms. The van der Waals surface area contributed by atoms with Crippen molar-refractivity contribution in [3.63, 3.8) is 0 Å². The van der Waals surface area contributed by atoms with Crippen molar-refractivity contribution < 1.29 is 13.9 Å². The average molecular weight is 398 g/mol. The van der Waals surface area contributed by atoms with E-state index in [9.17, 15) is 0 Å². The largest absolute Gasteiger partial charge is 0.494 e. The molecular formula is C21H23N3O3S. The number of hydrogen-bond acceptors (Lipinski definition) is 5. The fraction of sp³-hybridized carbons (Fsp3) is 0.238. The molecule has 0 atom stereocenters. The summed E-state index contributed by atoms with van der Waals surface area (Å²) in [5, 5.41) is 8.74. The Morgan fingerprint density at radius 1 is 1.07 bits per heavy atom. The topological polar surface area (TPSA) is 68.0 Å². The van der Waals surface area contributed by atoms with Crippen molar-refractivity contribution in [2.75, 3.05) is 18.5 Å². The van der Waals surface area contributed by atoms with Crippen molar-refractivity contribution in [1.29, 1.82) is 0 Å². The van der Waals surface area contributed by atoms with Gasteiger partial charge in [-0.1, -0.05) is 12.1 Å². The van der Waals surface area contributed by atoms with Crippen LogP contribution in [-0.4, -0.2) is 24.0 Å². The predicted molar refractivity (Wildman–Crippen MR) is 117 cm³/mol. The number of hydrogen-bond donors (Lipinski definition) is 2. The first-order valence-corrected chi connectivity index (χ1v) is 9.51. The fourth-order valence-electron chi connectivity index (χ4n) is 2.63. The quantitative estimate of drug-likeness (QED) is 0.334. The molecule has 0 aliphatic rings. The second-order valence-electron chi connectivity index (χ2n) is 5.94. The van der Waals surface area contributed by atoms with E-state index in [4.69, 9.17) is 26.1 Å². The van der Waals surface area contributed by atoms with E-state index in [1.54, 1.807) is 0 Å². The fourth-order valence-corrected chi connectivity index (χ4v) is 2.80. The first-order valence-electron chi connectivity index (χ1n) is 9.10. The zero-order chi connectivity index (χ0) is 19.9. The first kappa shape index (κ1) is 19.7. The molecule has 0 saturated carbocycles. The van der Waals surface area contributed by atoms with Crippen molar-refractivity contribution >= 4 is 39.7 Å². The second kappa shape index (κ2) is 9.23. The van der Waals surface area contributed by atoms with Crippen LogP contribution < -0.4 is 20.2 Å². The summed E-state index contributed by atoms with van der Waals surface area (Å²) in [7, 11) is 0. The maximum atomic E-state index is 5.93. The number of furan rings is 1. The Balaban J connectivity index is 1.65. The number of fused-ring (bicyclic) bond motifs is 1. The number of rotatable bonds is 7. The summed E-state index contributed by atoms with van der Waals surface area (Å²) in [6, 6.07) is 15.3. The first-order chi connectivity index (χ1) is 13.6. The molecule has 0 radical (unpaired) electrons. The minimum Gasteiger partial charge on any atom is -0.494 e. The lowest BCUT2D eigenvalue weighted by Gasteiger charge is -2.08. The van der Waals surface area contributed by atoms with E-state index in [2.05, 4.69) is 15.8 Å². The van der Waals surface area contributed by atoms with Gasteiger partial charge < -0.3 is 19.2 Å². The summed E-state index contributed by atoms with van der Waals surface area (Å²) in [5.41, 5.74) is 5.07. The van der Waals surface area contributed by atoms with Gasteiger partial charge in [0, 0.05) is 11.1 Å². The van der Waals surface area contributed by atoms with E-state index in [1.807, 2.05) is 69.3 Å². The number of nitrogens with zero attached hydrogens (tertiary/aromatic N) is 1. The van der Waals surface area contributed by atoms with Crippen LogP contribution in [0.25, 0.3) is 11.0 Å². The van der Waals surface area contributed by atoms with Crippen LogP contribution in [0.15, 0.2) is 58.0 Å². The van der Waals surface area contributed by atoms with Gasteiger partial charge in [0.05, 0.1) is 13.2 Å². The summed E-state index contributed by atoms with van der Waals surface area (Å²) in [6.07, 6.45) is 0. The maximum absolute atomic E-state index is 5.93. The van der Waals surface area contributed by atoms with Gasteiger partial charge in [0.15, 0.2) is 22.2 Å². The normalized spacial score (nSPS) is 11.3. The second-order valence-corrected chi connectivity index (χ2v) is 6.35. The van der Waals surface area contributed by atoms with Crippen molar-refractivity contribution in [2.24, 2.45) is 5.10 Å². The lowest BCUT2D eigenvalue weighted by Crippen LogP contribution is -2.24. The highest BCUT2D eigenvalue weighted by Gasteiger charge is 2.11. The van der Waals surface area contributed by atoms with Crippen LogP contribution in [0.1, 0.15) is 26.5 Å². The van der Waals surface area contributed by atoms with Crippen molar-refractivity contribution in [3.05, 3.63) is 54.3 Å². The third-order valence-electron chi connectivity index (χ3n) is 3.91. The molecule has 2 aromatic carbocycles. The molecule has 0 amide bonds. The Bertz CT molecular complexity index is 980. The molecular weight excluding hydrogens is 374 g/mol. The molecule has 1 heterocycles. The Morgan fingerprint density at radius 2 is 1.82 bits per heavy atom. The van der Waals surface area contributed by atoms with E-state index in [-0.39, 0.29) is 0 Å². The summed E-state index contributed by atoms with van der Waals surface area (Å²) in [5.74, 6) is 2.19. The van der Waals surface area contributed by atoms with Gasteiger partial charge in [0.1, 0.15) is 11.5 Å². The van der Waals surface area contributed by atoms with Gasteiger partial charge in [-0.05, 0) is 69.4 Å². The Morgan fingerprint density at radius 3 is 2.54 bits per heavy atom.